The van der Waals surface area contributed by atoms with Gasteiger partial charge in [-0.3, -0.25) is 8.98 Å². The Morgan fingerprint density at radius 3 is 2.52 bits per heavy atom. The molecule has 4 aliphatic rings. The fraction of sp³-hybridized carbons (Fsp3) is 0.773. The lowest BCUT2D eigenvalue weighted by Crippen LogP contribution is -2.49. The number of ketones is 1. The van der Waals surface area contributed by atoms with E-state index in [0.29, 0.717) is 30.0 Å². The molecule has 0 aromatic carbocycles. The minimum Gasteiger partial charge on any atom is -0.295 e. The van der Waals surface area contributed by atoms with E-state index >= 15 is 0 Å². The first-order chi connectivity index (χ1) is 12.6. The van der Waals surface area contributed by atoms with Crippen molar-refractivity contribution in [3.8, 4) is 0 Å². The van der Waals surface area contributed by atoms with E-state index in [9.17, 15) is 13.2 Å². The van der Waals surface area contributed by atoms with Gasteiger partial charge in [-0.25, -0.2) is 0 Å². The molecule has 3 fully saturated rings. The van der Waals surface area contributed by atoms with Crippen LogP contribution in [0.15, 0.2) is 23.3 Å². The molecular weight excluding hydrogens is 360 g/mol. The van der Waals surface area contributed by atoms with E-state index in [2.05, 4.69) is 19.9 Å². The van der Waals surface area contributed by atoms with Gasteiger partial charge in [-0.15, -0.1) is 0 Å². The molecule has 4 rings (SSSR count). The molecule has 0 radical (unpaired) electrons. The summed E-state index contributed by atoms with van der Waals surface area (Å²) in [5, 5.41) is 0. The van der Waals surface area contributed by atoms with Crippen LogP contribution in [-0.2, 0) is 19.1 Å². The Hall–Kier alpha value is -0.940. The van der Waals surface area contributed by atoms with Crippen LogP contribution in [0.25, 0.3) is 0 Å². The monoisotopic (exact) mass is 392 g/mol. The maximum absolute atomic E-state index is 12.0. The third kappa shape index (κ3) is 2.96. The van der Waals surface area contributed by atoms with Crippen LogP contribution in [0.4, 0.5) is 0 Å². The zero-order valence-corrected chi connectivity index (χ0v) is 17.8. The third-order valence-corrected chi connectivity index (χ3v) is 9.01. The van der Waals surface area contributed by atoms with Gasteiger partial charge in [0.15, 0.2) is 5.78 Å². The molecule has 6 unspecified atom stereocenters. The number of allylic oxidation sites excluding steroid dienone is 2. The Morgan fingerprint density at radius 1 is 1.11 bits per heavy atom. The molecule has 0 heterocycles. The Bertz CT molecular complexity index is 823. The van der Waals surface area contributed by atoms with Crippen LogP contribution in [0.5, 0.6) is 0 Å². The number of fused-ring (bicyclic) bond motifs is 5. The minimum absolute atomic E-state index is 0.0351. The molecule has 4 nitrogen and oxygen atoms in total. The molecule has 0 aromatic rings. The molecule has 0 bridgehead atoms. The molecule has 0 aliphatic heterocycles. The molecule has 6 atom stereocenters. The van der Waals surface area contributed by atoms with Crippen molar-refractivity contribution in [3.05, 3.63) is 23.3 Å². The van der Waals surface area contributed by atoms with Gasteiger partial charge >= 0.3 is 0 Å². The van der Waals surface area contributed by atoms with Gasteiger partial charge in [0.2, 0.25) is 0 Å². The molecule has 5 heteroatoms. The van der Waals surface area contributed by atoms with Gasteiger partial charge in [0.1, 0.15) is 0 Å². The number of hydrogen-bond acceptors (Lipinski definition) is 4. The van der Waals surface area contributed by atoms with E-state index in [1.165, 1.54) is 11.1 Å². The largest absolute Gasteiger partial charge is 0.295 e. The highest BCUT2D eigenvalue weighted by Gasteiger charge is 2.60. The first-order valence-corrected chi connectivity index (χ1v) is 12.2. The smallest absolute Gasteiger partial charge is 0.264 e. The van der Waals surface area contributed by atoms with Crippen LogP contribution < -0.4 is 0 Å². The molecule has 0 amide bonds. The van der Waals surface area contributed by atoms with E-state index < -0.39 is 10.1 Å². The van der Waals surface area contributed by atoms with Crippen LogP contribution in [0.2, 0.25) is 0 Å². The maximum Gasteiger partial charge on any atom is 0.264 e. The summed E-state index contributed by atoms with van der Waals surface area (Å²) >= 11 is 0. The number of rotatable bonds is 2. The van der Waals surface area contributed by atoms with Crippen LogP contribution in [0.1, 0.15) is 65.7 Å². The van der Waals surface area contributed by atoms with Crippen molar-refractivity contribution >= 4 is 15.9 Å². The van der Waals surface area contributed by atoms with Crippen LogP contribution >= 0.6 is 0 Å². The van der Waals surface area contributed by atoms with Crippen LogP contribution in [-0.4, -0.2) is 26.6 Å². The number of carbonyl (C=O) groups is 1. The molecule has 150 valence electrons. The predicted octanol–water partition coefficient (Wildman–Crippen LogP) is 4.42. The lowest BCUT2D eigenvalue weighted by Gasteiger charge is -2.57. The highest BCUT2D eigenvalue weighted by molar-refractivity contribution is 7.86. The first-order valence-electron chi connectivity index (χ1n) is 10.4. The van der Waals surface area contributed by atoms with E-state index in [1.54, 1.807) is 0 Å². The fourth-order valence-corrected chi connectivity index (χ4v) is 7.82. The molecule has 0 N–H and O–H groups in total. The summed E-state index contributed by atoms with van der Waals surface area (Å²) in [6.45, 7) is 6.72. The first kappa shape index (κ1) is 19.4. The van der Waals surface area contributed by atoms with Crippen molar-refractivity contribution in [1.82, 2.24) is 0 Å². The predicted molar refractivity (Wildman–Crippen MR) is 106 cm³/mol. The second-order valence-corrected chi connectivity index (χ2v) is 11.3. The second-order valence-electron chi connectivity index (χ2n) is 9.69. The summed E-state index contributed by atoms with van der Waals surface area (Å²) in [7, 11) is -3.47. The average molecular weight is 393 g/mol. The van der Waals surface area contributed by atoms with Crippen molar-refractivity contribution in [3.63, 3.8) is 0 Å². The summed E-state index contributed by atoms with van der Waals surface area (Å²) in [6, 6.07) is 0. The van der Waals surface area contributed by atoms with Gasteiger partial charge in [-0.2, -0.15) is 8.42 Å². The van der Waals surface area contributed by atoms with Gasteiger partial charge in [-0.1, -0.05) is 25.5 Å². The molecule has 27 heavy (non-hydrogen) atoms. The maximum atomic E-state index is 12.0. The summed E-state index contributed by atoms with van der Waals surface area (Å²) in [4.78, 5) is 12.0. The summed E-state index contributed by atoms with van der Waals surface area (Å²) in [5.41, 5.74) is 2.73. The highest BCUT2D eigenvalue weighted by Crippen LogP contribution is 2.66. The Kier molecular flexibility index (Phi) is 4.51. The highest BCUT2D eigenvalue weighted by atomic mass is 32.2. The Balaban J connectivity index is 1.68. The molecule has 0 spiro atoms. The van der Waals surface area contributed by atoms with E-state index in [0.717, 1.165) is 44.8 Å². The van der Waals surface area contributed by atoms with Crippen molar-refractivity contribution in [1.29, 1.82) is 0 Å². The lowest BCUT2D eigenvalue weighted by molar-refractivity contribution is -0.117. The Labute approximate surface area is 163 Å². The van der Waals surface area contributed by atoms with Gasteiger partial charge in [-0.05, 0) is 85.7 Å². The van der Waals surface area contributed by atoms with E-state index in [1.807, 2.05) is 13.0 Å². The quantitative estimate of drug-likeness (QED) is 0.515. The standard InChI is InChI=1S/C22H32O4S/c1-5-17-20(26-27(4,24)25)13-19-16-7-6-14-12-15(23)8-10-21(14,2)18(16)9-11-22(17,19)3/h5,12,16,18-20H,6-11,13H2,1-4H3. The number of carbonyl (C=O) groups excluding carboxylic acids is 1. The zero-order valence-electron chi connectivity index (χ0n) is 17.0. The zero-order chi connectivity index (χ0) is 19.6. The van der Waals surface area contributed by atoms with E-state index in [4.69, 9.17) is 4.18 Å². The summed E-state index contributed by atoms with van der Waals surface area (Å²) in [5.74, 6) is 1.94. The molecule has 0 saturated heterocycles. The van der Waals surface area contributed by atoms with Crippen molar-refractivity contribution in [2.45, 2.75) is 71.8 Å². The normalized spacial score (nSPS) is 45.9. The summed E-state index contributed by atoms with van der Waals surface area (Å²) < 4.78 is 29.2. The molecule has 4 aliphatic carbocycles. The van der Waals surface area contributed by atoms with Crippen LogP contribution in [0.3, 0.4) is 0 Å². The summed E-state index contributed by atoms with van der Waals surface area (Å²) in [6.07, 6.45) is 11.7. The SMILES string of the molecule is CC=C1C(OS(C)(=O)=O)CC2C3CCC4=CC(=O)CCC4(C)C3CCC12C. The molecule has 0 aromatic heterocycles. The van der Waals surface area contributed by atoms with Gasteiger partial charge in [0, 0.05) is 6.42 Å². The Morgan fingerprint density at radius 2 is 1.85 bits per heavy atom. The van der Waals surface area contributed by atoms with E-state index in [-0.39, 0.29) is 16.9 Å². The van der Waals surface area contributed by atoms with Crippen molar-refractivity contribution in [2.24, 2.45) is 28.6 Å². The molecular formula is C22H32O4S. The fourth-order valence-electron chi connectivity index (χ4n) is 7.22. The van der Waals surface area contributed by atoms with Crippen LogP contribution in [0, 0.1) is 28.6 Å². The average Bonchev–Trinajstić information content (AvgIpc) is 2.84. The van der Waals surface area contributed by atoms with Gasteiger partial charge < -0.3 is 0 Å². The van der Waals surface area contributed by atoms with Crippen molar-refractivity contribution < 1.29 is 17.4 Å². The van der Waals surface area contributed by atoms with Crippen molar-refractivity contribution in [2.75, 3.05) is 6.26 Å². The third-order valence-electron chi connectivity index (χ3n) is 8.43. The van der Waals surface area contributed by atoms with Gasteiger partial charge in [0.25, 0.3) is 10.1 Å². The van der Waals surface area contributed by atoms with Gasteiger partial charge in [0.05, 0.1) is 12.4 Å². The lowest BCUT2D eigenvalue weighted by atomic mass is 9.47. The number of hydrogen-bond donors (Lipinski definition) is 0. The second kappa shape index (κ2) is 6.28. The molecule has 3 saturated carbocycles. The minimum atomic E-state index is -3.47. The topological polar surface area (TPSA) is 60.4 Å².